The number of aromatic nitrogens is 2. The molecule has 0 saturated carbocycles. The summed E-state index contributed by atoms with van der Waals surface area (Å²) in [6.45, 7) is 2.16. The third-order valence-electron chi connectivity index (χ3n) is 4.11. The van der Waals surface area contributed by atoms with Crippen LogP contribution in [-0.4, -0.2) is 44.3 Å². The van der Waals surface area contributed by atoms with Crippen LogP contribution in [-0.2, 0) is 4.79 Å². The second-order valence-corrected chi connectivity index (χ2v) is 5.53. The molecule has 1 N–H and O–H groups in total. The topological polar surface area (TPSA) is 75.4 Å². The van der Waals surface area contributed by atoms with Gasteiger partial charge in [-0.3, -0.25) is 4.79 Å². The first-order valence-corrected chi connectivity index (χ1v) is 7.33. The van der Waals surface area contributed by atoms with Crippen molar-refractivity contribution in [3.05, 3.63) is 47.5 Å². The molecule has 7 heteroatoms. The SMILES string of the molecule is Cc1c(C(=O)N2CCC[C@@H]2C(=O)O)cnn1-c1ccc(F)cc1. The Kier molecular flexibility index (Phi) is 3.85. The molecule has 1 aromatic heterocycles. The Morgan fingerprint density at radius 3 is 2.65 bits per heavy atom. The number of carboxylic acids is 1. The predicted molar refractivity (Wildman–Crippen MR) is 80.0 cm³/mol. The fraction of sp³-hybridized carbons (Fsp3) is 0.312. The number of hydrogen-bond donors (Lipinski definition) is 1. The van der Waals surface area contributed by atoms with Gasteiger partial charge in [0.2, 0.25) is 0 Å². The lowest BCUT2D eigenvalue weighted by Gasteiger charge is -2.21. The van der Waals surface area contributed by atoms with Crippen molar-refractivity contribution < 1.29 is 19.1 Å². The van der Waals surface area contributed by atoms with Gasteiger partial charge in [0.05, 0.1) is 23.1 Å². The molecule has 1 aliphatic rings. The molecule has 0 unspecified atom stereocenters. The van der Waals surface area contributed by atoms with Crippen molar-refractivity contribution in [3.8, 4) is 5.69 Å². The van der Waals surface area contributed by atoms with E-state index in [0.717, 1.165) is 0 Å². The maximum Gasteiger partial charge on any atom is 0.326 e. The Morgan fingerprint density at radius 1 is 1.30 bits per heavy atom. The summed E-state index contributed by atoms with van der Waals surface area (Å²) in [6.07, 6.45) is 2.57. The molecule has 0 bridgehead atoms. The monoisotopic (exact) mass is 317 g/mol. The van der Waals surface area contributed by atoms with E-state index in [1.165, 1.54) is 23.2 Å². The van der Waals surface area contributed by atoms with E-state index in [-0.39, 0.29) is 11.7 Å². The van der Waals surface area contributed by atoms with E-state index < -0.39 is 12.0 Å². The minimum absolute atomic E-state index is 0.333. The van der Waals surface area contributed by atoms with Gasteiger partial charge in [-0.2, -0.15) is 5.10 Å². The van der Waals surface area contributed by atoms with Gasteiger partial charge in [-0.1, -0.05) is 0 Å². The maximum atomic E-state index is 13.0. The number of aliphatic carboxylic acids is 1. The molecule has 2 aromatic rings. The molecule has 3 rings (SSSR count). The highest BCUT2D eigenvalue weighted by Crippen LogP contribution is 2.23. The van der Waals surface area contributed by atoms with E-state index in [1.54, 1.807) is 23.7 Å². The third kappa shape index (κ3) is 2.69. The van der Waals surface area contributed by atoms with Crippen LogP contribution in [0.1, 0.15) is 28.9 Å². The Bertz CT molecular complexity index is 754. The zero-order valence-corrected chi connectivity index (χ0v) is 12.6. The van der Waals surface area contributed by atoms with Crippen LogP contribution in [0.25, 0.3) is 5.69 Å². The molecule has 0 aliphatic carbocycles. The Hall–Kier alpha value is -2.70. The quantitative estimate of drug-likeness (QED) is 0.939. The highest BCUT2D eigenvalue weighted by atomic mass is 19.1. The Balaban J connectivity index is 1.91. The molecule has 1 atom stereocenters. The number of carboxylic acid groups (broad SMARTS) is 1. The van der Waals surface area contributed by atoms with Gasteiger partial charge < -0.3 is 10.0 Å². The third-order valence-corrected chi connectivity index (χ3v) is 4.11. The molecule has 1 aromatic carbocycles. The molecule has 120 valence electrons. The van der Waals surface area contributed by atoms with Crippen LogP contribution in [0.5, 0.6) is 0 Å². The maximum absolute atomic E-state index is 13.0. The van der Waals surface area contributed by atoms with Crippen LogP contribution in [0.4, 0.5) is 4.39 Å². The average molecular weight is 317 g/mol. The van der Waals surface area contributed by atoms with Crippen molar-refractivity contribution >= 4 is 11.9 Å². The van der Waals surface area contributed by atoms with E-state index in [0.29, 0.717) is 36.3 Å². The largest absolute Gasteiger partial charge is 0.480 e. The number of carbonyl (C=O) groups excluding carboxylic acids is 1. The van der Waals surface area contributed by atoms with Crippen LogP contribution in [0.15, 0.2) is 30.5 Å². The fourth-order valence-corrected chi connectivity index (χ4v) is 2.88. The normalized spacial score (nSPS) is 17.5. The lowest BCUT2D eigenvalue weighted by molar-refractivity contribution is -0.141. The summed E-state index contributed by atoms with van der Waals surface area (Å²) in [5.41, 5.74) is 1.60. The van der Waals surface area contributed by atoms with E-state index in [9.17, 15) is 19.1 Å². The summed E-state index contributed by atoms with van der Waals surface area (Å²) < 4.78 is 14.6. The molecule has 6 nitrogen and oxygen atoms in total. The molecular weight excluding hydrogens is 301 g/mol. The number of likely N-dealkylation sites (tertiary alicyclic amines) is 1. The summed E-state index contributed by atoms with van der Waals surface area (Å²) in [5, 5.41) is 13.4. The summed E-state index contributed by atoms with van der Waals surface area (Å²) in [5.74, 6) is -1.67. The standard InChI is InChI=1S/C16H16FN3O3/c1-10-13(15(21)19-8-2-3-14(19)16(22)23)9-18-20(10)12-6-4-11(17)5-7-12/h4-7,9,14H,2-3,8H2,1H3,(H,22,23)/t14-/m1/s1. The van der Waals surface area contributed by atoms with Gasteiger partial charge in [0.1, 0.15) is 11.9 Å². The lowest BCUT2D eigenvalue weighted by Crippen LogP contribution is -2.40. The lowest BCUT2D eigenvalue weighted by atomic mass is 10.2. The van der Waals surface area contributed by atoms with Gasteiger partial charge in [0, 0.05) is 6.54 Å². The van der Waals surface area contributed by atoms with Crippen LogP contribution < -0.4 is 0 Å². The molecule has 1 fully saturated rings. The first-order chi connectivity index (χ1) is 11.0. The predicted octanol–water partition coefficient (Wildman–Crippen LogP) is 2.01. The number of hydrogen-bond acceptors (Lipinski definition) is 3. The summed E-state index contributed by atoms with van der Waals surface area (Å²) in [4.78, 5) is 25.2. The second-order valence-electron chi connectivity index (χ2n) is 5.53. The number of amides is 1. The highest BCUT2D eigenvalue weighted by molar-refractivity contribution is 5.97. The summed E-state index contributed by atoms with van der Waals surface area (Å²) >= 11 is 0. The molecule has 1 amide bonds. The Morgan fingerprint density at radius 2 is 2.00 bits per heavy atom. The van der Waals surface area contributed by atoms with Gasteiger partial charge in [-0.15, -0.1) is 0 Å². The minimum atomic E-state index is -0.987. The van der Waals surface area contributed by atoms with Gasteiger partial charge in [-0.25, -0.2) is 13.9 Å². The van der Waals surface area contributed by atoms with Crippen LogP contribution >= 0.6 is 0 Å². The van der Waals surface area contributed by atoms with Gasteiger partial charge in [-0.05, 0) is 44.0 Å². The fourth-order valence-electron chi connectivity index (χ4n) is 2.88. The Labute approximate surface area is 132 Å². The summed E-state index contributed by atoms with van der Waals surface area (Å²) in [7, 11) is 0. The molecule has 2 heterocycles. The van der Waals surface area contributed by atoms with E-state index in [1.807, 2.05) is 0 Å². The minimum Gasteiger partial charge on any atom is -0.480 e. The van der Waals surface area contributed by atoms with Crippen molar-refractivity contribution in [2.24, 2.45) is 0 Å². The number of rotatable bonds is 3. The van der Waals surface area contributed by atoms with Crippen molar-refractivity contribution in [3.63, 3.8) is 0 Å². The van der Waals surface area contributed by atoms with Crippen LogP contribution in [0, 0.1) is 12.7 Å². The van der Waals surface area contributed by atoms with Crippen molar-refractivity contribution in [2.75, 3.05) is 6.54 Å². The first-order valence-electron chi connectivity index (χ1n) is 7.33. The van der Waals surface area contributed by atoms with Crippen LogP contribution in [0.3, 0.4) is 0 Å². The molecule has 23 heavy (non-hydrogen) atoms. The van der Waals surface area contributed by atoms with Crippen molar-refractivity contribution in [2.45, 2.75) is 25.8 Å². The van der Waals surface area contributed by atoms with Gasteiger partial charge in [0.15, 0.2) is 0 Å². The van der Waals surface area contributed by atoms with Crippen LogP contribution in [0.2, 0.25) is 0 Å². The highest BCUT2D eigenvalue weighted by Gasteiger charge is 2.35. The number of nitrogens with zero attached hydrogens (tertiary/aromatic N) is 3. The first kappa shape index (κ1) is 15.2. The number of halogens is 1. The zero-order valence-electron chi connectivity index (χ0n) is 12.6. The van der Waals surface area contributed by atoms with Crippen molar-refractivity contribution in [1.29, 1.82) is 0 Å². The van der Waals surface area contributed by atoms with E-state index in [4.69, 9.17) is 0 Å². The molecule has 0 radical (unpaired) electrons. The van der Waals surface area contributed by atoms with E-state index >= 15 is 0 Å². The van der Waals surface area contributed by atoms with Gasteiger partial charge in [0.25, 0.3) is 5.91 Å². The second kappa shape index (κ2) is 5.83. The molecular formula is C16H16FN3O3. The molecule has 0 spiro atoms. The summed E-state index contributed by atoms with van der Waals surface area (Å²) in [6, 6.07) is 4.99. The smallest absolute Gasteiger partial charge is 0.326 e. The zero-order chi connectivity index (χ0) is 16.6. The number of benzene rings is 1. The van der Waals surface area contributed by atoms with Gasteiger partial charge >= 0.3 is 5.97 Å². The molecule has 1 aliphatic heterocycles. The average Bonchev–Trinajstić information content (AvgIpc) is 3.14. The number of carbonyl (C=O) groups is 2. The van der Waals surface area contributed by atoms with E-state index in [2.05, 4.69) is 5.10 Å². The van der Waals surface area contributed by atoms with Crippen molar-refractivity contribution in [1.82, 2.24) is 14.7 Å². The molecule has 1 saturated heterocycles.